The Hall–Kier alpha value is -2.35. The lowest BCUT2D eigenvalue weighted by Crippen LogP contribution is -2.19. The number of anilines is 2. The van der Waals surface area contributed by atoms with Crippen LogP contribution in [0.25, 0.3) is 0 Å². The van der Waals surface area contributed by atoms with E-state index in [2.05, 4.69) is 20.8 Å². The van der Waals surface area contributed by atoms with Gasteiger partial charge in [0.25, 0.3) is 0 Å². The Bertz CT molecular complexity index is 931. The minimum absolute atomic E-state index is 0.397. The van der Waals surface area contributed by atoms with Crippen LogP contribution in [0.4, 0.5) is 15.6 Å². The van der Waals surface area contributed by atoms with Gasteiger partial charge in [0.1, 0.15) is 10.8 Å². The van der Waals surface area contributed by atoms with Crippen molar-refractivity contribution in [3.8, 4) is 5.75 Å². The van der Waals surface area contributed by atoms with Crippen molar-refractivity contribution in [3.05, 3.63) is 63.1 Å². The zero-order valence-electron chi connectivity index (χ0n) is 14.3. The summed E-state index contributed by atoms with van der Waals surface area (Å²) in [4.78, 5) is 12.1. The predicted molar refractivity (Wildman–Crippen MR) is 109 cm³/mol. The highest BCUT2D eigenvalue weighted by Gasteiger charge is 2.11. The standard InChI is InChI=1S/C18H16Cl2N4O2S/c1-2-26-14-7-5-13(6-8-14)21-17(25)22-18-24-23-16(27-18)9-11-3-4-12(19)10-15(11)20/h3-8,10H,2,9H2,1H3,(H2,21,22,24,25). The van der Waals surface area contributed by atoms with Crippen molar-refractivity contribution in [1.29, 1.82) is 0 Å². The van der Waals surface area contributed by atoms with Gasteiger partial charge in [-0.3, -0.25) is 5.32 Å². The lowest BCUT2D eigenvalue weighted by Gasteiger charge is -2.06. The van der Waals surface area contributed by atoms with Crippen molar-refractivity contribution in [2.45, 2.75) is 13.3 Å². The molecule has 2 amide bonds. The van der Waals surface area contributed by atoms with Crippen molar-refractivity contribution in [2.24, 2.45) is 0 Å². The van der Waals surface area contributed by atoms with Gasteiger partial charge in [0.2, 0.25) is 5.13 Å². The molecule has 6 nitrogen and oxygen atoms in total. The molecule has 0 aliphatic heterocycles. The first-order valence-electron chi connectivity index (χ1n) is 8.10. The van der Waals surface area contributed by atoms with Gasteiger partial charge in [-0.25, -0.2) is 4.79 Å². The minimum Gasteiger partial charge on any atom is -0.494 e. The number of benzene rings is 2. The van der Waals surface area contributed by atoms with Crippen LogP contribution in [0.15, 0.2) is 42.5 Å². The quantitative estimate of drug-likeness (QED) is 0.551. The van der Waals surface area contributed by atoms with E-state index >= 15 is 0 Å². The van der Waals surface area contributed by atoms with Crippen molar-refractivity contribution in [2.75, 3.05) is 17.2 Å². The number of carbonyl (C=O) groups excluding carboxylic acids is 1. The van der Waals surface area contributed by atoms with Gasteiger partial charge >= 0.3 is 6.03 Å². The molecule has 1 heterocycles. The van der Waals surface area contributed by atoms with Crippen LogP contribution < -0.4 is 15.4 Å². The molecule has 0 fully saturated rings. The summed E-state index contributed by atoms with van der Waals surface area (Å²) in [5.74, 6) is 0.748. The monoisotopic (exact) mass is 422 g/mol. The number of halogens is 2. The van der Waals surface area contributed by atoms with Gasteiger partial charge in [0, 0.05) is 22.2 Å². The normalized spacial score (nSPS) is 10.5. The smallest absolute Gasteiger partial charge is 0.325 e. The van der Waals surface area contributed by atoms with E-state index in [-0.39, 0.29) is 0 Å². The van der Waals surface area contributed by atoms with E-state index in [1.807, 2.05) is 13.0 Å². The number of urea groups is 1. The van der Waals surface area contributed by atoms with Crippen LogP contribution in [0.3, 0.4) is 0 Å². The summed E-state index contributed by atoms with van der Waals surface area (Å²) in [6, 6.07) is 12.0. The Balaban J connectivity index is 1.57. The van der Waals surface area contributed by atoms with Gasteiger partial charge in [0.15, 0.2) is 0 Å². The fourth-order valence-corrected chi connectivity index (χ4v) is 3.50. The second kappa shape index (κ2) is 9.03. The maximum atomic E-state index is 12.1. The van der Waals surface area contributed by atoms with Gasteiger partial charge in [0.05, 0.1) is 6.61 Å². The van der Waals surface area contributed by atoms with Crippen molar-refractivity contribution < 1.29 is 9.53 Å². The lowest BCUT2D eigenvalue weighted by molar-refractivity contribution is 0.262. The number of hydrogen-bond donors (Lipinski definition) is 2. The predicted octanol–water partition coefficient (Wildman–Crippen LogP) is 5.48. The second-order valence-corrected chi connectivity index (χ2v) is 7.36. The molecule has 0 aliphatic rings. The SMILES string of the molecule is CCOc1ccc(NC(=O)Nc2nnc(Cc3ccc(Cl)cc3Cl)s2)cc1. The van der Waals surface area contributed by atoms with Crippen LogP contribution in [-0.2, 0) is 6.42 Å². The first-order chi connectivity index (χ1) is 13.0. The van der Waals surface area contributed by atoms with Crippen LogP contribution in [-0.4, -0.2) is 22.8 Å². The Morgan fingerprint density at radius 1 is 1.11 bits per heavy atom. The van der Waals surface area contributed by atoms with Crippen LogP contribution in [0.2, 0.25) is 10.0 Å². The Morgan fingerprint density at radius 3 is 2.59 bits per heavy atom. The van der Waals surface area contributed by atoms with Gasteiger partial charge in [-0.2, -0.15) is 0 Å². The summed E-state index contributed by atoms with van der Waals surface area (Å²) >= 11 is 13.4. The number of carbonyl (C=O) groups is 1. The lowest BCUT2D eigenvalue weighted by atomic mass is 10.2. The number of nitrogens with one attached hydrogen (secondary N) is 2. The van der Waals surface area contributed by atoms with Crippen molar-refractivity contribution in [3.63, 3.8) is 0 Å². The van der Waals surface area contributed by atoms with E-state index in [0.717, 1.165) is 16.3 Å². The molecule has 27 heavy (non-hydrogen) atoms. The van der Waals surface area contributed by atoms with Crippen LogP contribution in [0.5, 0.6) is 5.75 Å². The molecule has 0 atom stereocenters. The molecule has 0 unspecified atom stereocenters. The number of aromatic nitrogens is 2. The molecule has 140 valence electrons. The zero-order chi connectivity index (χ0) is 19.2. The molecule has 0 bridgehead atoms. The summed E-state index contributed by atoms with van der Waals surface area (Å²) < 4.78 is 5.37. The summed E-state index contributed by atoms with van der Waals surface area (Å²) in [6.07, 6.45) is 0.510. The summed E-state index contributed by atoms with van der Waals surface area (Å²) in [5, 5.41) is 15.8. The highest BCUT2D eigenvalue weighted by atomic mass is 35.5. The molecular weight excluding hydrogens is 407 g/mol. The Labute approximate surface area is 170 Å². The number of amides is 2. The van der Waals surface area contributed by atoms with E-state index in [4.69, 9.17) is 27.9 Å². The molecule has 0 spiro atoms. The van der Waals surface area contributed by atoms with Crippen molar-refractivity contribution in [1.82, 2.24) is 10.2 Å². The van der Waals surface area contributed by atoms with Gasteiger partial charge in [-0.15, -0.1) is 10.2 Å². The third-order valence-electron chi connectivity index (χ3n) is 3.47. The molecule has 2 N–H and O–H groups in total. The zero-order valence-corrected chi connectivity index (χ0v) is 16.7. The average molecular weight is 423 g/mol. The minimum atomic E-state index is -0.397. The van der Waals surface area contributed by atoms with E-state index < -0.39 is 6.03 Å². The summed E-state index contributed by atoms with van der Waals surface area (Å²) in [6.45, 7) is 2.50. The van der Waals surface area contributed by atoms with Crippen molar-refractivity contribution >= 4 is 51.4 Å². The summed E-state index contributed by atoms with van der Waals surface area (Å²) in [5.41, 5.74) is 1.54. The molecule has 0 saturated heterocycles. The third-order valence-corrected chi connectivity index (χ3v) is 4.89. The van der Waals surface area contributed by atoms with E-state index in [9.17, 15) is 4.79 Å². The maximum absolute atomic E-state index is 12.1. The third kappa shape index (κ3) is 5.56. The van der Waals surface area contributed by atoms with E-state index in [1.165, 1.54) is 11.3 Å². The highest BCUT2D eigenvalue weighted by molar-refractivity contribution is 7.15. The van der Waals surface area contributed by atoms with Crippen LogP contribution in [0, 0.1) is 0 Å². The molecule has 2 aromatic carbocycles. The van der Waals surface area contributed by atoms with Gasteiger partial charge in [-0.05, 0) is 48.9 Å². The fourth-order valence-electron chi connectivity index (χ4n) is 2.26. The molecule has 0 saturated carbocycles. The van der Waals surface area contributed by atoms with Gasteiger partial charge < -0.3 is 10.1 Å². The largest absolute Gasteiger partial charge is 0.494 e. The molecule has 0 aliphatic carbocycles. The fraction of sp³-hybridized carbons (Fsp3) is 0.167. The first-order valence-corrected chi connectivity index (χ1v) is 9.68. The van der Waals surface area contributed by atoms with E-state index in [1.54, 1.807) is 36.4 Å². The topological polar surface area (TPSA) is 76.1 Å². The van der Waals surface area contributed by atoms with Crippen LogP contribution in [0.1, 0.15) is 17.5 Å². The molecular formula is C18H16Cl2N4O2S. The Kier molecular flexibility index (Phi) is 6.49. The first kappa shape index (κ1) is 19.4. The highest BCUT2D eigenvalue weighted by Crippen LogP contribution is 2.25. The second-order valence-electron chi connectivity index (χ2n) is 5.45. The van der Waals surface area contributed by atoms with Gasteiger partial charge in [-0.1, -0.05) is 40.6 Å². The molecule has 3 aromatic rings. The van der Waals surface area contributed by atoms with Crippen LogP contribution >= 0.6 is 34.5 Å². The number of rotatable bonds is 6. The van der Waals surface area contributed by atoms with E-state index in [0.29, 0.717) is 33.9 Å². The Morgan fingerprint density at radius 2 is 1.89 bits per heavy atom. The number of nitrogens with zero attached hydrogens (tertiary/aromatic N) is 2. The average Bonchev–Trinajstić information content (AvgIpc) is 3.06. The molecule has 0 radical (unpaired) electrons. The molecule has 9 heteroatoms. The molecule has 3 rings (SSSR count). The summed E-state index contributed by atoms with van der Waals surface area (Å²) in [7, 11) is 0. The maximum Gasteiger partial charge on any atom is 0.325 e. The number of hydrogen-bond acceptors (Lipinski definition) is 5. The number of ether oxygens (including phenoxy) is 1. The molecule has 1 aromatic heterocycles.